The summed E-state index contributed by atoms with van der Waals surface area (Å²) in [4.78, 5) is 3.82. The Balaban J connectivity index is 1.99. The molecule has 0 fully saturated rings. The summed E-state index contributed by atoms with van der Waals surface area (Å²) in [7, 11) is -3.64. The number of halogens is 1. The molecule has 0 amide bonds. The van der Waals surface area contributed by atoms with Crippen molar-refractivity contribution in [2.45, 2.75) is 30.7 Å². The average Bonchev–Trinajstić information content (AvgIpc) is 2.46. The SMILES string of the molecule is CC(CCc1ccccc1)NS(=O)(=O)c1cnccc1Cl. The van der Waals surface area contributed by atoms with Gasteiger partial charge in [-0.25, -0.2) is 13.1 Å². The molecule has 1 heterocycles. The Hall–Kier alpha value is -1.43. The van der Waals surface area contributed by atoms with Crippen LogP contribution in [0.3, 0.4) is 0 Å². The summed E-state index contributed by atoms with van der Waals surface area (Å²) in [5.74, 6) is 0. The fraction of sp³-hybridized carbons (Fsp3) is 0.267. The fourth-order valence-electron chi connectivity index (χ4n) is 1.98. The highest BCUT2D eigenvalue weighted by molar-refractivity contribution is 7.89. The minimum Gasteiger partial charge on any atom is -0.263 e. The van der Waals surface area contributed by atoms with E-state index in [4.69, 9.17) is 11.6 Å². The Morgan fingerprint density at radius 3 is 2.62 bits per heavy atom. The molecule has 0 saturated heterocycles. The second-order valence-corrected chi connectivity index (χ2v) is 6.94. The van der Waals surface area contributed by atoms with Gasteiger partial charge in [-0.1, -0.05) is 41.9 Å². The Labute approximate surface area is 130 Å². The van der Waals surface area contributed by atoms with Gasteiger partial charge in [0.25, 0.3) is 0 Å². The van der Waals surface area contributed by atoms with Crippen molar-refractivity contribution in [1.29, 1.82) is 0 Å². The minimum atomic E-state index is -3.64. The first-order valence-electron chi connectivity index (χ1n) is 6.65. The quantitative estimate of drug-likeness (QED) is 0.888. The molecule has 1 aromatic heterocycles. The van der Waals surface area contributed by atoms with E-state index in [2.05, 4.69) is 9.71 Å². The number of aryl methyl sites for hydroxylation is 1. The smallest absolute Gasteiger partial charge is 0.243 e. The number of benzene rings is 1. The van der Waals surface area contributed by atoms with E-state index in [9.17, 15) is 8.42 Å². The monoisotopic (exact) mass is 324 g/mol. The summed E-state index contributed by atoms with van der Waals surface area (Å²) in [6, 6.07) is 11.2. The number of pyridine rings is 1. The second-order valence-electron chi connectivity index (χ2n) is 4.85. The van der Waals surface area contributed by atoms with Crippen molar-refractivity contribution in [3.8, 4) is 0 Å². The molecule has 1 unspecified atom stereocenters. The van der Waals surface area contributed by atoms with Gasteiger partial charge in [0, 0.05) is 18.4 Å². The van der Waals surface area contributed by atoms with E-state index < -0.39 is 10.0 Å². The highest BCUT2D eigenvalue weighted by Gasteiger charge is 2.20. The van der Waals surface area contributed by atoms with E-state index in [1.165, 1.54) is 24.0 Å². The van der Waals surface area contributed by atoms with Crippen molar-refractivity contribution < 1.29 is 8.42 Å². The van der Waals surface area contributed by atoms with Crippen LogP contribution in [0, 0.1) is 0 Å². The first-order chi connectivity index (χ1) is 9.99. The molecule has 1 aromatic carbocycles. The molecule has 112 valence electrons. The van der Waals surface area contributed by atoms with E-state index in [0.717, 1.165) is 6.42 Å². The minimum absolute atomic E-state index is 0.0122. The molecule has 0 aliphatic carbocycles. The largest absolute Gasteiger partial charge is 0.263 e. The van der Waals surface area contributed by atoms with Gasteiger partial charge in [0.2, 0.25) is 10.0 Å². The van der Waals surface area contributed by atoms with Crippen LogP contribution in [0.1, 0.15) is 18.9 Å². The topological polar surface area (TPSA) is 59.1 Å². The zero-order valence-corrected chi connectivity index (χ0v) is 13.2. The van der Waals surface area contributed by atoms with E-state index in [0.29, 0.717) is 6.42 Å². The summed E-state index contributed by atoms with van der Waals surface area (Å²) in [5, 5.41) is 0.174. The second kappa shape index (κ2) is 7.02. The number of nitrogens with one attached hydrogen (secondary N) is 1. The number of hydrogen-bond donors (Lipinski definition) is 1. The lowest BCUT2D eigenvalue weighted by Gasteiger charge is -2.14. The average molecular weight is 325 g/mol. The highest BCUT2D eigenvalue weighted by Crippen LogP contribution is 2.19. The van der Waals surface area contributed by atoms with Crippen molar-refractivity contribution >= 4 is 21.6 Å². The van der Waals surface area contributed by atoms with E-state index in [1.54, 1.807) is 0 Å². The molecular weight excluding hydrogens is 308 g/mol. The third-order valence-electron chi connectivity index (χ3n) is 3.09. The molecule has 0 radical (unpaired) electrons. The van der Waals surface area contributed by atoms with Gasteiger partial charge in [-0.15, -0.1) is 0 Å². The lowest BCUT2D eigenvalue weighted by molar-refractivity contribution is 0.546. The molecule has 0 spiro atoms. The molecule has 6 heteroatoms. The molecule has 2 aromatic rings. The third-order valence-corrected chi connectivity index (χ3v) is 5.15. The maximum Gasteiger partial charge on any atom is 0.243 e. The van der Waals surface area contributed by atoms with Crippen molar-refractivity contribution in [3.05, 3.63) is 59.4 Å². The van der Waals surface area contributed by atoms with Gasteiger partial charge >= 0.3 is 0 Å². The van der Waals surface area contributed by atoms with Gasteiger partial charge in [-0.05, 0) is 31.4 Å². The van der Waals surface area contributed by atoms with Crippen LogP contribution in [0.25, 0.3) is 0 Å². The number of aromatic nitrogens is 1. The number of rotatable bonds is 6. The highest BCUT2D eigenvalue weighted by atomic mass is 35.5. The van der Waals surface area contributed by atoms with Crippen molar-refractivity contribution in [2.75, 3.05) is 0 Å². The summed E-state index contributed by atoms with van der Waals surface area (Å²) in [5.41, 5.74) is 1.18. The summed E-state index contributed by atoms with van der Waals surface area (Å²) >= 11 is 5.91. The molecule has 0 aliphatic rings. The fourth-order valence-corrected chi connectivity index (χ4v) is 3.68. The zero-order valence-electron chi connectivity index (χ0n) is 11.7. The zero-order chi connectivity index (χ0) is 15.3. The predicted octanol–water partition coefficient (Wildman–Crippen LogP) is 3.03. The first-order valence-corrected chi connectivity index (χ1v) is 8.51. The van der Waals surface area contributed by atoms with E-state index in [-0.39, 0.29) is 16.0 Å². The Bertz CT molecular complexity index is 690. The Morgan fingerprint density at radius 1 is 1.24 bits per heavy atom. The maximum atomic E-state index is 12.2. The number of sulfonamides is 1. The van der Waals surface area contributed by atoms with Gasteiger partial charge in [0.15, 0.2) is 0 Å². The summed E-state index contributed by atoms with van der Waals surface area (Å²) in [6.07, 6.45) is 4.24. The van der Waals surface area contributed by atoms with Crippen molar-refractivity contribution in [3.63, 3.8) is 0 Å². The summed E-state index contributed by atoms with van der Waals surface area (Å²) in [6.45, 7) is 1.84. The van der Waals surface area contributed by atoms with Gasteiger partial charge in [0.1, 0.15) is 4.90 Å². The lowest BCUT2D eigenvalue weighted by atomic mass is 10.1. The number of nitrogens with zero attached hydrogens (tertiary/aromatic N) is 1. The van der Waals surface area contributed by atoms with Gasteiger partial charge in [0.05, 0.1) is 5.02 Å². The van der Waals surface area contributed by atoms with Crippen molar-refractivity contribution in [2.24, 2.45) is 0 Å². The summed E-state index contributed by atoms with van der Waals surface area (Å²) < 4.78 is 27.1. The van der Waals surface area contributed by atoms with Crippen LogP contribution in [-0.4, -0.2) is 19.4 Å². The number of hydrogen-bond acceptors (Lipinski definition) is 3. The van der Waals surface area contributed by atoms with Crippen LogP contribution in [-0.2, 0) is 16.4 Å². The third kappa shape index (κ3) is 4.52. The molecule has 4 nitrogen and oxygen atoms in total. The van der Waals surface area contributed by atoms with Gasteiger partial charge < -0.3 is 0 Å². The van der Waals surface area contributed by atoms with Gasteiger partial charge in [-0.3, -0.25) is 4.98 Å². The molecule has 21 heavy (non-hydrogen) atoms. The Kier molecular flexibility index (Phi) is 5.33. The molecule has 0 bridgehead atoms. The lowest BCUT2D eigenvalue weighted by Crippen LogP contribution is -2.33. The van der Waals surface area contributed by atoms with Gasteiger partial charge in [-0.2, -0.15) is 0 Å². The molecule has 1 atom stereocenters. The molecule has 0 aliphatic heterocycles. The standard InChI is InChI=1S/C15H17ClN2O2S/c1-12(7-8-13-5-3-2-4-6-13)18-21(19,20)15-11-17-10-9-14(15)16/h2-6,9-12,18H,7-8H2,1H3. The first kappa shape index (κ1) is 15.9. The predicted molar refractivity (Wildman–Crippen MR) is 83.8 cm³/mol. The van der Waals surface area contributed by atoms with Crippen LogP contribution < -0.4 is 4.72 Å². The normalized spacial score (nSPS) is 13.0. The van der Waals surface area contributed by atoms with E-state index in [1.807, 2.05) is 37.3 Å². The maximum absolute atomic E-state index is 12.2. The van der Waals surface area contributed by atoms with E-state index >= 15 is 0 Å². The molecule has 0 saturated carbocycles. The van der Waals surface area contributed by atoms with Crippen LogP contribution in [0.4, 0.5) is 0 Å². The van der Waals surface area contributed by atoms with Crippen LogP contribution >= 0.6 is 11.6 Å². The van der Waals surface area contributed by atoms with Crippen LogP contribution in [0.5, 0.6) is 0 Å². The molecular formula is C15H17ClN2O2S. The van der Waals surface area contributed by atoms with Crippen LogP contribution in [0.2, 0.25) is 5.02 Å². The molecule has 2 rings (SSSR count). The Morgan fingerprint density at radius 2 is 1.95 bits per heavy atom. The molecule has 1 N–H and O–H groups in total. The van der Waals surface area contributed by atoms with Crippen molar-refractivity contribution in [1.82, 2.24) is 9.71 Å². The van der Waals surface area contributed by atoms with Crippen LogP contribution in [0.15, 0.2) is 53.7 Å².